The summed E-state index contributed by atoms with van der Waals surface area (Å²) >= 11 is 0. The number of carboxylic acids is 1. The van der Waals surface area contributed by atoms with Gasteiger partial charge in [-0.2, -0.15) is 0 Å². The standard InChI is InChI=1S/C7H14O3/c1-4(6(3)8)5(2)7(9)10/h4-6,8H,1-3H3,(H,9,10)/t4-,5+,6+/m1/s1. The van der Waals surface area contributed by atoms with Crippen LogP contribution in [0.2, 0.25) is 0 Å². The molecule has 3 nitrogen and oxygen atoms in total. The SMILES string of the molecule is C[C@@H]([C@H](C)O)[C@H](C)C(=O)O. The summed E-state index contributed by atoms with van der Waals surface area (Å²) in [7, 11) is 0. The van der Waals surface area contributed by atoms with Gasteiger partial charge < -0.3 is 10.2 Å². The van der Waals surface area contributed by atoms with Gasteiger partial charge in [0.25, 0.3) is 0 Å². The Morgan fingerprint density at radius 2 is 1.70 bits per heavy atom. The zero-order valence-electron chi connectivity index (χ0n) is 6.53. The third-order valence-corrected chi connectivity index (χ3v) is 1.94. The van der Waals surface area contributed by atoms with E-state index in [1.165, 1.54) is 0 Å². The summed E-state index contributed by atoms with van der Waals surface area (Å²) in [4.78, 5) is 10.3. The first-order valence-corrected chi connectivity index (χ1v) is 3.37. The number of hydrogen-bond donors (Lipinski definition) is 2. The average Bonchev–Trinajstić information content (AvgIpc) is 1.84. The number of aliphatic hydroxyl groups excluding tert-OH is 1. The summed E-state index contributed by atoms with van der Waals surface area (Å²) < 4.78 is 0. The summed E-state index contributed by atoms with van der Waals surface area (Å²) in [5.74, 6) is -1.51. The second-order valence-corrected chi connectivity index (χ2v) is 2.73. The molecule has 0 aromatic heterocycles. The third-order valence-electron chi connectivity index (χ3n) is 1.94. The van der Waals surface area contributed by atoms with Crippen LogP contribution in [0.15, 0.2) is 0 Å². The van der Waals surface area contributed by atoms with Crippen LogP contribution in [0.5, 0.6) is 0 Å². The summed E-state index contributed by atoms with van der Waals surface area (Å²) in [6, 6.07) is 0. The molecule has 3 heteroatoms. The largest absolute Gasteiger partial charge is 0.481 e. The van der Waals surface area contributed by atoms with E-state index in [4.69, 9.17) is 10.2 Å². The van der Waals surface area contributed by atoms with Crippen molar-refractivity contribution in [2.24, 2.45) is 11.8 Å². The number of hydrogen-bond acceptors (Lipinski definition) is 2. The van der Waals surface area contributed by atoms with Crippen LogP contribution in [0.1, 0.15) is 20.8 Å². The maximum absolute atomic E-state index is 10.3. The molecule has 0 saturated carbocycles. The number of carbonyl (C=O) groups is 1. The first kappa shape index (κ1) is 9.43. The van der Waals surface area contributed by atoms with Gasteiger partial charge in [-0.05, 0) is 12.8 Å². The minimum atomic E-state index is -0.853. The molecule has 0 aromatic rings. The van der Waals surface area contributed by atoms with Crippen molar-refractivity contribution in [3.63, 3.8) is 0 Å². The van der Waals surface area contributed by atoms with Crippen LogP contribution in [0, 0.1) is 11.8 Å². The van der Waals surface area contributed by atoms with E-state index in [0.29, 0.717) is 0 Å². The van der Waals surface area contributed by atoms with Gasteiger partial charge in [-0.3, -0.25) is 4.79 Å². The highest BCUT2D eigenvalue weighted by molar-refractivity contribution is 5.69. The molecule has 0 spiro atoms. The molecule has 0 aromatic carbocycles. The van der Waals surface area contributed by atoms with Gasteiger partial charge in [0.15, 0.2) is 0 Å². The molecule has 0 amide bonds. The Kier molecular flexibility index (Phi) is 3.36. The van der Waals surface area contributed by atoms with E-state index in [1.54, 1.807) is 20.8 Å². The molecule has 0 saturated heterocycles. The maximum atomic E-state index is 10.3. The average molecular weight is 146 g/mol. The fraction of sp³-hybridized carbons (Fsp3) is 0.857. The molecule has 0 aliphatic carbocycles. The van der Waals surface area contributed by atoms with Gasteiger partial charge in [0.1, 0.15) is 0 Å². The number of aliphatic carboxylic acids is 1. The quantitative estimate of drug-likeness (QED) is 0.617. The molecule has 2 N–H and O–H groups in total. The highest BCUT2D eigenvalue weighted by Gasteiger charge is 2.22. The summed E-state index contributed by atoms with van der Waals surface area (Å²) in [5.41, 5.74) is 0. The van der Waals surface area contributed by atoms with Gasteiger partial charge in [-0.25, -0.2) is 0 Å². The molecule has 0 aliphatic rings. The summed E-state index contributed by atoms with van der Waals surface area (Å²) in [5, 5.41) is 17.5. The van der Waals surface area contributed by atoms with Crippen LogP contribution in [-0.2, 0) is 4.79 Å². The van der Waals surface area contributed by atoms with E-state index in [2.05, 4.69) is 0 Å². The molecule has 0 aliphatic heterocycles. The molecule has 0 radical (unpaired) electrons. The van der Waals surface area contributed by atoms with Crippen molar-refractivity contribution in [2.45, 2.75) is 26.9 Å². The van der Waals surface area contributed by atoms with Crippen molar-refractivity contribution in [1.29, 1.82) is 0 Å². The molecule has 0 bridgehead atoms. The minimum Gasteiger partial charge on any atom is -0.481 e. The molecule has 0 heterocycles. The Bertz CT molecular complexity index is 120. The smallest absolute Gasteiger partial charge is 0.306 e. The van der Waals surface area contributed by atoms with Crippen LogP contribution >= 0.6 is 0 Å². The van der Waals surface area contributed by atoms with E-state index in [1.807, 2.05) is 0 Å². The van der Waals surface area contributed by atoms with Gasteiger partial charge >= 0.3 is 5.97 Å². The van der Waals surface area contributed by atoms with Gasteiger partial charge in [-0.15, -0.1) is 0 Å². The summed E-state index contributed by atoms with van der Waals surface area (Å²) in [6.45, 7) is 4.92. The Hall–Kier alpha value is -0.570. The monoisotopic (exact) mass is 146 g/mol. The van der Waals surface area contributed by atoms with Crippen LogP contribution < -0.4 is 0 Å². The van der Waals surface area contributed by atoms with Crippen molar-refractivity contribution in [1.82, 2.24) is 0 Å². The Labute approximate surface area is 60.7 Å². The minimum absolute atomic E-state index is 0.183. The fourth-order valence-corrected chi connectivity index (χ4v) is 0.643. The van der Waals surface area contributed by atoms with Gasteiger partial charge in [0, 0.05) is 0 Å². The zero-order chi connectivity index (χ0) is 8.31. The van der Waals surface area contributed by atoms with Gasteiger partial charge in [-0.1, -0.05) is 13.8 Å². The normalized spacial score (nSPS) is 19.6. The molecule has 0 unspecified atom stereocenters. The number of carboxylic acid groups (broad SMARTS) is 1. The van der Waals surface area contributed by atoms with E-state index in [0.717, 1.165) is 0 Å². The second-order valence-electron chi connectivity index (χ2n) is 2.73. The lowest BCUT2D eigenvalue weighted by atomic mass is 9.92. The Balaban J connectivity index is 3.94. The van der Waals surface area contributed by atoms with Crippen LogP contribution in [0.3, 0.4) is 0 Å². The third kappa shape index (κ3) is 2.35. The number of rotatable bonds is 3. The lowest BCUT2D eigenvalue weighted by Crippen LogP contribution is -2.26. The van der Waals surface area contributed by atoms with Crippen molar-refractivity contribution in [3.05, 3.63) is 0 Å². The van der Waals surface area contributed by atoms with E-state index < -0.39 is 18.0 Å². The summed E-state index contributed by atoms with van der Waals surface area (Å²) in [6.07, 6.45) is -0.550. The molecule has 60 valence electrons. The molecule has 3 atom stereocenters. The first-order chi connectivity index (χ1) is 4.46. The van der Waals surface area contributed by atoms with Gasteiger partial charge in [0.05, 0.1) is 12.0 Å². The Morgan fingerprint density at radius 1 is 1.30 bits per heavy atom. The first-order valence-electron chi connectivity index (χ1n) is 3.37. The predicted molar refractivity (Wildman–Crippen MR) is 37.6 cm³/mol. The van der Waals surface area contributed by atoms with E-state index in [-0.39, 0.29) is 5.92 Å². The Morgan fingerprint density at radius 3 is 1.80 bits per heavy atom. The predicted octanol–water partition coefficient (Wildman–Crippen LogP) is 0.724. The van der Waals surface area contributed by atoms with E-state index >= 15 is 0 Å². The fourth-order valence-electron chi connectivity index (χ4n) is 0.643. The van der Waals surface area contributed by atoms with Crippen LogP contribution in [0.4, 0.5) is 0 Å². The lowest BCUT2D eigenvalue weighted by molar-refractivity contribution is -0.144. The van der Waals surface area contributed by atoms with Crippen molar-refractivity contribution in [2.75, 3.05) is 0 Å². The molecular weight excluding hydrogens is 132 g/mol. The van der Waals surface area contributed by atoms with Gasteiger partial charge in [0.2, 0.25) is 0 Å². The van der Waals surface area contributed by atoms with E-state index in [9.17, 15) is 4.79 Å². The molecular formula is C7H14O3. The highest BCUT2D eigenvalue weighted by atomic mass is 16.4. The lowest BCUT2D eigenvalue weighted by Gasteiger charge is -2.18. The molecule has 10 heavy (non-hydrogen) atoms. The maximum Gasteiger partial charge on any atom is 0.306 e. The highest BCUT2D eigenvalue weighted by Crippen LogP contribution is 2.14. The van der Waals surface area contributed by atoms with Crippen molar-refractivity contribution in [3.8, 4) is 0 Å². The molecule has 0 fully saturated rings. The van der Waals surface area contributed by atoms with Crippen molar-refractivity contribution < 1.29 is 15.0 Å². The number of aliphatic hydroxyl groups is 1. The van der Waals surface area contributed by atoms with Crippen LogP contribution in [0.25, 0.3) is 0 Å². The zero-order valence-corrected chi connectivity index (χ0v) is 6.53. The molecule has 0 rings (SSSR count). The topological polar surface area (TPSA) is 57.5 Å². The van der Waals surface area contributed by atoms with Crippen LogP contribution in [-0.4, -0.2) is 22.3 Å². The second kappa shape index (κ2) is 3.56. The van der Waals surface area contributed by atoms with Crippen molar-refractivity contribution >= 4 is 5.97 Å².